The lowest BCUT2D eigenvalue weighted by Crippen LogP contribution is -2.54. The number of carbonyl (C=O) groups excluding carboxylic acids is 2. The molecule has 3 aliphatic carbocycles. The highest BCUT2D eigenvalue weighted by molar-refractivity contribution is 5.81. The van der Waals surface area contributed by atoms with Gasteiger partial charge in [-0.05, 0) is 85.0 Å². The molecule has 37 heavy (non-hydrogen) atoms. The zero-order valence-electron chi connectivity index (χ0n) is 21.9. The van der Waals surface area contributed by atoms with Crippen LogP contribution >= 0.6 is 0 Å². The van der Waals surface area contributed by atoms with Gasteiger partial charge in [0.1, 0.15) is 5.75 Å². The number of fused-ring (bicyclic) bond motifs is 5. The molecule has 6 rings (SSSR count). The van der Waals surface area contributed by atoms with Crippen LogP contribution in [0.15, 0.2) is 66.4 Å². The highest BCUT2D eigenvalue weighted by Gasteiger charge is 2.60. The molecule has 0 spiro atoms. The number of rotatable bonds is 4. The molecule has 2 unspecified atom stereocenters. The topological polar surface area (TPSA) is 78.4 Å². The molecule has 2 amide bonds. The van der Waals surface area contributed by atoms with E-state index in [-0.39, 0.29) is 40.4 Å². The second-order valence-corrected chi connectivity index (χ2v) is 12.3. The van der Waals surface area contributed by atoms with E-state index in [0.717, 1.165) is 55.3 Å². The van der Waals surface area contributed by atoms with Crippen LogP contribution in [-0.2, 0) is 9.59 Å². The van der Waals surface area contributed by atoms with Crippen molar-refractivity contribution < 1.29 is 14.7 Å². The molecule has 0 bridgehead atoms. The third-order valence-electron chi connectivity index (χ3n) is 10.6. The molecule has 3 fully saturated rings. The second-order valence-electron chi connectivity index (χ2n) is 12.3. The highest BCUT2D eigenvalue weighted by atomic mass is 16.3. The number of amides is 2. The van der Waals surface area contributed by atoms with Crippen LogP contribution < -0.4 is 10.6 Å². The first-order chi connectivity index (χ1) is 17.8. The Morgan fingerprint density at radius 1 is 0.973 bits per heavy atom. The van der Waals surface area contributed by atoms with Crippen molar-refractivity contribution in [2.24, 2.45) is 34.5 Å². The molecule has 2 saturated carbocycles. The van der Waals surface area contributed by atoms with Gasteiger partial charge in [-0.1, -0.05) is 62.4 Å². The first-order valence-corrected chi connectivity index (χ1v) is 13.9. The predicted molar refractivity (Wildman–Crippen MR) is 143 cm³/mol. The summed E-state index contributed by atoms with van der Waals surface area (Å²) in [5.74, 6) is 2.18. The molecule has 0 radical (unpaired) electrons. The smallest absolute Gasteiger partial charge is 0.224 e. The minimum atomic E-state index is -0.252. The van der Waals surface area contributed by atoms with Crippen molar-refractivity contribution in [1.82, 2.24) is 10.6 Å². The Morgan fingerprint density at radius 3 is 2.46 bits per heavy atom. The van der Waals surface area contributed by atoms with E-state index in [2.05, 4.69) is 42.7 Å². The van der Waals surface area contributed by atoms with Gasteiger partial charge >= 0.3 is 0 Å². The van der Waals surface area contributed by atoms with Crippen molar-refractivity contribution >= 4 is 11.8 Å². The maximum atomic E-state index is 14.0. The van der Waals surface area contributed by atoms with Crippen LogP contribution in [0.25, 0.3) is 0 Å². The molecule has 194 valence electrons. The summed E-state index contributed by atoms with van der Waals surface area (Å²) in [6, 6.07) is 17.0. The van der Waals surface area contributed by atoms with Crippen molar-refractivity contribution in [3.05, 3.63) is 77.5 Å². The molecule has 4 aliphatic rings. The summed E-state index contributed by atoms with van der Waals surface area (Å²) < 4.78 is 0. The summed E-state index contributed by atoms with van der Waals surface area (Å²) in [6.45, 7) is 4.73. The summed E-state index contributed by atoms with van der Waals surface area (Å²) >= 11 is 0. The zero-order chi connectivity index (χ0) is 25.8. The van der Waals surface area contributed by atoms with Gasteiger partial charge in [-0.3, -0.25) is 9.59 Å². The van der Waals surface area contributed by atoms with Crippen LogP contribution in [0.3, 0.4) is 0 Å². The molecule has 2 aromatic carbocycles. The van der Waals surface area contributed by atoms with E-state index in [1.807, 2.05) is 30.3 Å². The van der Waals surface area contributed by atoms with Gasteiger partial charge in [0, 0.05) is 23.5 Å². The number of nitrogens with one attached hydrogen (secondary N) is 2. The van der Waals surface area contributed by atoms with Crippen LogP contribution in [0.1, 0.15) is 76.0 Å². The molecule has 1 aliphatic heterocycles. The molecule has 1 heterocycles. The molecule has 0 aromatic heterocycles. The van der Waals surface area contributed by atoms with Crippen molar-refractivity contribution in [1.29, 1.82) is 0 Å². The van der Waals surface area contributed by atoms with Gasteiger partial charge in [0.05, 0.1) is 6.04 Å². The Kier molecular flexibility index (Phi) is 5.93. The number of phenolic OH excluding ortho intramolecular Hbond substituents is 1. The summed E-state index contributed by atoms with van der Waals surface area (Å²) in [5, 5.41) is 16.4. The number of phenols is 1. The molecule has 1 saturated heterocycles. The van der Waals surface area contributed by atoms with Crippen LogP contribution in [0, 0.1) is 34.5 Å². The fourth-order valence-corrected chi connectivity index (χ4v) is 8.54. The van der Waals surface area contributed by atoms with Gasteiger partial charge in [-0.2, -0.15) is 0 Å². The fraction of sp³-hybridized carbons (Fsp3) is 0.500. The van der Waals surface area contributed by atoms with E-state index >= 15 is 0 Å². The third kappa shape index (κ3) is 3.98. The van der Waals surface area contributed by atoms with Crippen molar-refractivity contribution in [3.8, 4) is 5.75 Å². The van der Waals surface area contributed by atoms with E-state index in [9.17, 15) is 14.7 Å². The Labute approximate surface area is 219 Å². The maximum Gasteiger partial charge on any atom is 0.224 e. The van der Waals surface area contributed by atoms with Gasteiger partial charge in [0.2, 0.25) is 11.8 Å². The lowest BCUT2D eigenvalue weighted by atomic mass is 9.49. The average molecular weight is 499 g/mol. The molecule has 5 nitrogen and oxygen atoms in total. The van der Waals surface area contributed by atoms with E-state index < -0.39 is 0 Å². The first kappa shape index (κ1) is 24.3. The average Bonchev–Trinajstić information content (AvgIpc) is 3.26. The second kappa shape index (κ2) is 9.04. The minimum absolute atomic E-state index is 0.00832. The van der Waals surface area contributed by atoms with Crippen LogP contribution in [0.2, 0.25) is 0 Å². The van der Waals surface area contributed by atoms with Crippen molar-refractivity contribution in [3.63, 3.8) is 0 Å². The Hall–Kier alpha value is -3.08. The van der Waals surface area contributed by atoms with E-state index in [1.165, 1.54) is 0 Å². The number of aromatic hydroxyl groups is 1. The fourth-order valence-electron chi connectivity index (χ4n) is 8.54. The number of piperidine rings is 1. The summed E-state index contributed by atoms with van der Waals surface area (Å²) in [5.41, 5.74) is 3.21. The maximum absolute atomic E-state index is 14.0. The van der Waals surface area contributed by atoms with E-state index in [1.54, 1.807) is 12.1 Å². The monoisotopic (exact) mass is 498 g/mol. The number of carbonyl (C=O) groups is 2. The summed E-state index contributed by atoms with van der Waals surface area (Å²) in [6.07, 6.45) is 9.05. The Morgan fingerprint density at radius 2 is 1.70 bits per heavy atom. The van der Waals surface area contributed by atoms with Crippen LogP contribution in [0.4, 0.5) is 0 Å². The van der Waals surface area contributed by atoms with E-state index in [0.29, 0.717) is 24.2 Å². The van der Waals surface area contributed by atoms with Gasteiger partial charge < -0.3 is 15.7 Å². The van der Waals surface area contributed by atoms with Crippen LogP contribution in [-0.4, -0.2) is 16.9 Å². The standard InChI is InChI=1S/C32H38N2O3/c1-31-18-16-25-23(12-15-27-32(25,2)19-17-28(36)33-27)24(31)13-14-26(31)30(37)34-29(20-6-4-3-5-7-20)21-8-10-22(35)11-9-21/h3-11,15,23-26,29,35H,12-14,16-19H2,1-2H3,(H,33,36)(H,34,37)/t23-,24-,25+,26?,29?,31-,32+/m0/s1. The molecular formula is C32H38N2O3. The Bertz CT molecular complexity index is 1220. The number of allylic oxidation sites excluding steroid dienone is 2. The zero-order valence-corrected chi connectivity index (χ0v) is 21.9. The van der Waals surface area contributed by atoms with E-state index in [4.69, 9.17) is 0 Å². The number of hydrogen-bond donors (Lipinski definition) is 3. The quantitative estimate of drug-likeness (QED) is 0.494. The van der Waals surface area contributed by atoms with Gasteiger partial charge in [0.15, 0.2) is 0 Å². The van der Waals surface area contributed by atoms with Gasteiger partial charge in [-0.15, -0.1) is 0 Å². The molecule has 2 aromatic rings. The largest absolute Gasteiger partial charge is 0.508 e. The number of benzene rings is 2. The molecule has 7 atom stereocenters. The first-order valence-electron chi connectivity index (χ1n) is 13.9. The lowest BCUT2D eigenvalue weighted by molar-refractivity contribution is -0.133. The lowest BCUT2D eigenvalue weighted by Gasteiger charge is -2.57. The molecular weight excluding hydrogens is 460 g/mol. The SMILES string of the molecule is C[C@]12CCC(=O)NC1=CC[C@@H]1[C@H]2CC[C@]2(C)C(C(=O)NC(c3ccccc3)c3ccc(O)cc3)CC[C@@H]12. The molecule has 5 heteroatoms. The normalized spacial score (nSPS) is 35.3. The third-order valence-corrected chi connectivity index (χ3v) is 10.6. The van der Waals surface area contributed by atoms with Gasteiger partial charge in [-0.25, -0.2) is 0 Å². The highest BCUT2D eigenvalue weighted by Crippen LogP contribution is 2.65. The predicted octanol–water partition coefficient (Wildman–Crippen LogP) is 5.86. The summed E-state index contributed by atoms with van der Waals surface area (Å²) in [4.78, 5) is 26.1. The number of hydrogen-bond acceptors (Lipinski definition) is 3. The Balaban J connectivity index is 1.25. The van der Waals surface area contributed by atoms with Gasteiger partial charge in [0.25, 0.3) is 0 Å². The summed E-state index contributed by atoms with van der Waals surface area (Å²) in [7, 11) is 0. The van der Waals surface area contributed by atoms with Crippen molar-refractivity contribution in [2.75, 3.05) is 0 Å². The molecule has 3 N–H and O–H groups in total. The minimum Gasteiger partial charge on any atom is -0.508 e. The van der Waals surface area contributed by atoms with Crippen molar-refractivity contribution in [2.45, 2.75) is 64.8 Å². The van der Waals surface area contributed by atoms with Crippen LogP contribution in [0.5, 0.6) is 5.75 Å².